The van der Waals surface area contributed by atoms with E-state index in [2.05, 4.69) is 6.58 Å². The maximum Gasteiger partial charge on any atom is 0.165 e. The van der Waals surface area contributed by atoms with Gasteiger partial charge in [0.05, 0.1) is 0 Å². The largest absolute Gasteiger partial charge is 0.505 e. The van der Waals surface area contributed by atoms with Gasteiger partial charge in [0, 0.05) is 11.6 Å². The summed E-state index contributed by atoms with van der Waals surface area (Å²) in [6, 6.07) is 1.10. The van der Waals surface area contributed by atoms with Gasteiger partial charge in [0.15, 0.2) is 11.6 Å². The molecule has 0 radical (unpaired) electrons. The number of nitrogens with two attached hydrogens (primary N) is 1. The summed E-state index contributed by atoms with van der Waals surface area (Å²) in [5.74, 6) is -2.25. The van der Waals surface area contributed by atoms with Crippen molar-refractivity contribution >= 4 is 0 Å². The molecule has 15 heavy (non-hydrogen) atoms. The Kier molecular flexibility index (Phi) is 3.80. The molecule has 0 aliphatic rings. The van der Waals surface area contributed by atoms with Crippen molar-refractivity contribution in [2.75, 3.05) is 0 Å². The molecule has 0 spiro atoms. The van der Waals surface area contributed by atoms with Gasteiger partial charge in [0.2, 0.25) is 0 Å². The average Bonchev–Trinajstić information content (AvgIpc) is 2.21. The highest BCUT2D eigenvalue weighted by Gasteiger charge is 2.18. The van der Waals surface area contributed by atoms with Gasteiger partial charge in [-0.2, -0.15) is 0 Å². The third-order valence-corrected chi connectivity index (χ3v) is 2.17. The first kappa shape index (κ1) is 11.7. The molecule has 0 unspecified atom stereocenters. The standard InChI is InChI=1S/C11H13F2NO/c1-2-3-4-9(14)10-7(12)5-6-8(13)11(10)15/h2,5-6,9,15H,1,3-4,14H2/t9-/m1/s1. The minimum atomic E-state index is -0.861. The lowest BCUT2D eigenvalue weighted by atomic mass is 10.0. The second-order valence-corrected chi connectivity index (χ2v) is 3.26. The summed E-state index contributed by atoms with van der Waals surface area (Å²) < 4.78 is 26.2. The van der Waals surface area contributed by atoms with E-state index in [1.165, 1.54) is 0 Å². The molecular weight excluding hydrogens is 200 g/mol. The van der Waals surface area contributed by atoms with Gasteiger partial charge >= 0.3 is 0 Å². The van der Waals surface area contributed by atoms with Crippen molar-refractivity contribution < 1.29 is 13.9 Å². The molecule has 0 aliphatic carbocycles. The zero-order chi connectivity index (χ0) is 11.4. The summed E-state index contributed by atoms with van der Waals surface area (Å²) >= 11 is 0. The Balaban J connectivity index is 3.01. The second-order valence-electron chi connectivity index (χ2n) is 3.26. The van der Waals surface area contributed by atoms with Crippen LogP contribution in [0.5, 0.6) is 5.75 Å². The predicted molar refractivity (Wildman–Crippen MR) is 54.4 cm³/mol. The van der Waals surface area contributed by atoms with Crippen molar-refractivity contribution in [3.05, 3.63) is 42.0 Å². The SMILES string of the molecule is C=CCC[C@@H](N)c1c(F)ccc(F)c1O. The maximum atomic E-state index is 13.3. The second kappa shape index (κ2) is 4.89. The van der Waals surface area contributed by atoms with E-state index in [9.17, 15) is 13.9 Å². The monoisotopic (exact) mass is 213 g/mol. The van der Waals surface area contributed by atoms with Crippen LogP contribution >= 0.6 is 0 Å². The van der Waals surface area contributed by atoms with Gasteiger partial charge in [-0.15, -0.1) is 6.58 Å². The lowest BCUT2D eigenvalue weighted by Crippen LogP contribution is -2.12. The van der Waals surface area contributed by atoms with Crippen LogP contribution in [-0.2, 0) is 0 Å². The first-order valence-electron chi connectivity index (χ1n) is 4.61. The molecule has 0 saturated carbocycles. The first-order chi connectivity index (χ1) is 7.07. The summed E-state index contributed by atoms with van der Waals surface area (Å²) in [7, 11) is 0. The molecule has 82 valence electrons. The molecule has 0 aromatic heterocycles. The normalized spacial score (nSPS) is 12.5. The van der Waals surface area contributed by atoms with Crippen LogP contribution in [0.15, 0.2) is 24.8 Å². The number of phenolic OH excluding ortho intramolecular Hbond substituents is 1. The Morgan fingerprint density at radius 3 is 2.60 bits per heavy atom. The van der Waals surface area contributed by atoms with Gasteiger partial charge < -0.3 is 10.8 Å². The molecule has 1 aromatic carbocycles. The topological polar surface area (TPSA) is 46.2 Å². The summed E-state index contributed by atoms with van der Waals surface area (Å²) in [5.41, 5.74) is 5.47. The number of allylic oxidation sites excluding steroid dienone is 1. The predicted octanol–water partition coefficient (Wildman–Crippen LogP) is 2.64. The zero-order valence-electron chi connectivity index (χ0n) is 8.21. The molecule has 4 heteroatoms. The molecule has 1 rings (SSSR count). The Morgan fingerprint density at radius 2 is 2.00 bits per heavy atom. The van der Waals surface area contributed by atoms with Gasteiger partial charge in [-0.3, -0.25) is 0 Å². The molecule has 0 saturated heterocycles. The average molecular weight is 213 g/mol. The van der Waals surface area contributed by atoms with Crippen LogP contribution in [0.3, 0.4) is 0 Å². The van der Waals surface area contributed by atoms with Crippen molar-refractivity contribution in [1.82, 2.24) is 0 Å². The van der Waals surface area contributed by atoms with Crippen LogP contribution in [0.1, 0.15) is 24.4 Å². The third-order valence-electron chi connectivity index (χ3n) is 2.17. The van der Waals surface area contributed by atoms with E-state index in [1.807, 2.05) is 0 Å². The van der Waals surface area contributed by atoms with E-state index in [4.69, 9.17) is 5.73 Å². The van der Waals surface area contributed by atoms with E-state index in [-0.39, 0.29) is 5.56 Å². The van der Waals surface area contributed by atoms with Crippen molar-refractivity contribution in [3.63, 3.8) is 0 Å². The minimum Gasteiger partial charge on any atom is -0.505 e. The van der Waals surface area contributed by atoms with Crippen molar-refractivity contribution in [2.45, 2.75) is 18.9 Å². The number of hydrogen-bond acceptors (Lipinski definition) is 2. The maximum absolute atomic E-state index is 13.3. The first-order valence-corrected chi connectivity index (χ1v) is 4.61. The van der Waals surface area contributed by atoms with Crippen molar-refractivity contribution in [1.29, 1.82) is 0 Å². The Labute approximate surface area is 87.0 Å². The molecule has 0 bridgehead atoms. The highest BCUT2D eigenvalue weighted by atomic mass is 19.1. The lowest BCUT2D eigenvalue weighted by molar-refractivity contribution is 0.408. The summed E-state index contributed by atoms with van der Waals surface area (Å²) in [5, 5.41) is 9.33. The number of hydrogen-bond donors (Lipinski definition) is 2. The summed E-state index contributed by atoms with van der Waals surface area (Å²) in [6.45, 7) is 3.50. The van der Waals surface area contributed by atoms with Crippen LogP contribution < -0.4 is 5.73 Å². The molecular formula is C11H13F2NO. The smallest absolute Gasteiger partial charge is 0.165 e. The van der Waals surface area contributed by atoms with Crippen LogP contribution in [0.2, 0.25) is 0 Å². The van der Waals surface area contributed by atoms with Gasteiger partial charge in [-0.1, -0.05) is 6.08 Å². The van der Waals surface area contributed by atoms with Crippen LogP contribution in [0.25, 0.3) is 0 Å². The van der Waals surface area contributed by atoms with Gasteiger partial charge in [0.1, 0.15) is 5.82 Å². The third kappa shape index (κ3) is 2.53. The summed E-state index contributed by atoms with van der Waals surface area (Å²) in [4.78, 5) is 0. The Bertz CT molecular complexity index is 366. The van der Waals surface area contributed by atoms with Crippen LogP contribution in [-0.4, -0.2) is 5.11 Å². The van der Waals surface area contributed by atoms with E-state index in [0.29, 0.717) is 12.8 Å². The van der Waals surface area contributed by atoms with Gasteiger partial charge in [-0.05, 0) is 25.0 Å². The van der Waals surface area contributed by atoms with E-state index in [0.717, 1.165) is 12.1 Å². The van der Waals surface area contributed by atoms with Crippen molar-refractivity contribution in [3.8, 4) is 5.75 Å². The van der Waals surface area contributed by atoms with Gasteiger partial charge in [-0.25, -0.2) is 8.78 Å². The Morgan fingerprint density at radius 1 is 1.40 bits per heavy atom. The molecule has 0 aliphatic heterocycles. The number of benzene rings is 1. The molecule has 2 nitrogen and oxygen atoms in total. The quantitative estimate of drug-likeness (QED) is 0.755. The molecule has 0 amide bonds. The fraction of sp³-hybridized carbons (Fsp3) is 0.273. The van der Waals surface area contributed by atoms with Crippen molar-refractivity contribution in [2.24, 2.45) is 5.73 Å². The fourth-order valence-corrected chi connectivity index (χ4v) is 1.35. The molecule has 1 atom stereocenters. The molecule has 0 fully saturated rings. The zero-order valence-corrected chi connectivity index (χ0v) is 8.21. The Hall–Kier alpha value is -1.42. The highest BCUT2D eigenvalue weighted by Crippen LogP contribution is 2.30. The van der Waals surface area contributed by atoms with E-state index >= 15 is 0 Å². The number of phenols is 1. The van der Waals surface area contributed by atoms with E-state index in [1.54, 1.807) is 6.08 Å². The van der Waals surface area contributed by atoms with Crippen LogP contribution in [0.4, 0.5) is 8.78 Å². The molecule has 3 N–H and O–H groups in total. The fourth-order valence-electron chi connectivity index (χ4n) is 1.35. The summed E-state index contributed by atoms with van der Waals surface area (Å²) in [6.07, 6.45) is 2.63. The number of rotatable bonds is 4. The highest BCUT2D eigenvalue weighted by molar-refractivity contribution is 5.37. The number of aromatic hydroxyl groups is 1. The van der Waals surface area contributed by atoms with Crippen LogP contribution in [0, 0.1) is 11.6 Å². The number of halogens is 2. The van der Waals surface area contributed by atoms with E-state index < -0.39 is 23.4 Å². The molecule has 0 heterocycles. The lowest BCUT2D eigenvalue weighted by Gasteiger charge is -2.13. The minimum absolute atomic E-state index is 0.170. The van der Waals surface area contributed by atoms with Gasteiger partial charge in [0.25, 0.3) is 0 Å². The molecule has 1 aromatic rings.